The highest BCUT2D eigenvalue weighted by molar-refractivity contribution is 8.13. The van der Waals surface area contributed by atoms with E-state index in [1.54, 1.807) is 6.07 Å². The summed E-state index contributed by atoms with van der Waals surface area (Å²) in [5.74, 6) is 1.24. The first-order valence-electron chi connectivity index (χ1n) is 4.81. The van der Waals surface area contributed by atoms with E-state index in [4.69, 9.17) is 20.2 Å². The van der Waals surface area contributed by atoms with E-state index >= 15 is 0 Å². The van der Waals surface area contributed by atoms with E-state index in [0.717, 1.165) is 0 Å². The molecule has 88 valence electrons. The van der Waals surface area contributed by atoms with Gasteiger partial charge in [-0.15, -0.1) is 0 Å². The van der Waals surface area contributed by atoms with E-state index in [-0.39, 0.29) is 10.8 Å². The molecule has 2 rings (SSSR count). The Morgan fingerprint density at radius 2 is 1.88 bits per heavy atom. The van der Waals surface area contributed by atoms with Crippen molar-refractivity contribution in [3.8, 4) is 11.5 Å². The van der Waals surface area contributed by atoms with Crippen LogP contribution in [0.2, 0.25) is 0 Å². The number of fused-ring (bicyclic) bond motifs is 1. The molecule has 1 aliphatic rings. The van der Waals surface area contributed by atoms with Crippen LogP contribution >= 0.6 is 10.7 Å². The van der Waals surface area contributed by atoms with Gasteiger partial charge in [0.1, 0.15) is 0 Å². The summed E-state index contributed by atoms with van der Waals surface area (Å²) in [6.07, 6.45) is 0. The van der Waals surface area contributed by atoms with E-state index in [0.29, 0.717) is 24.7 Å². The molecule has 1 atom stereocenters. The molecule has 0 bridgehead atoms. The lowest BCUT2D eigenvalue weighted by Crippen LogP contribution is -2.12. The third kappa shape index (κ3) is 2.41. The average molecular weight is 263 g/mol. The molecule has 1 aliphatic heterocycles. The Morgan fingerprint density at radius 1 is 1.25 bits per heavy atom. The van der Waals surface area contributed by atoms with Crippen molar-refractivity contribution < 1.29 is 17.9 Å². The van der Waals surface area contributed by atoms with E-state index < -0.39 is 9.05 Å². The molecule has 0 aromatic heterocycles. The van der Waals surface area contributed by atoms with Gasteiger partial charge in [0.25, 0.3) is 9.05 Å². The lowest BCUT2D eigenvalue weighted by Gasteiger charge is -2.07. The zero-order valence-corrected chi connectivity index (χ0v) is 10.2. The smallest absolute Gasteiger partial charge is 0.261 e. The summed E-state index contributed by atoms with van der Waals surface area (Å²) in [5, 5.41) is 0. The summed E-state index contributed by atoms with van der Waals surface area (Å²) in [4.78, 5) is 0.0195. The van der Waals surface area contributed by atoms with Gasteiger partial charge in [0.15, 0.2) is 11.5 Å². The molecule has 0 radical (unpaired) electrons. The first-order valence-corrected chi connectivity index (χ1v) is 7.12. The normalized spacial score (nSPS) is 20.2. The molecule has 0 saturated carbocycles. The maximum absolute atomic E-state index is 11.1. The average Bonchev–Trinajstić information content (AvgIpc) is 2.39. The third-order valence-corrected chi connectivity index (χ3v) is 3.59. The van der Waals surface area contributed by atoms with Gasteiger partial charge in [0.2, 0.25) is 0 Å². The SMILES string of the molecule is CC1COc2ccc(S(=O)(=O)Cl)cc2OC1. The first-order chi connectivity index (χ1) is 7.47. The molecule has 1 heterocycles. The highest BCUT2D eigenvalue weighted by atomic mass is 35.7. The molecule has 0 fully saturated rings. The van der Waals surface area contributed by atoms with Crippen molar-refractivity contribution in [2.45, 2.75) is 11.8 Å². The zero-order chi connectivity index (χ0) is 11.8. The quantitative estimate of drug-likeness (QED) is 0.727. The fourth-order valence-corrected chi connectivity index (χ4v) is 2.15. The van der Waals surface area contributed by atoms with Crippen LogP contribution in [0.15, 0.2) is 23.1 Å². The monoisotopic (exact) mass is 262 g/mol. The van der Waals surface area contributed by atoms with Gasteiger partial charge in [-0.25, -0.2) is 8.42 Å². The molecule has 0 spiro atoms. The predicted octanol–water partition coefficient (Wildman–Crippen LogP) is 2.02. The fourth-order valence-electron chi connectivity index (χ4n) is 1.38. The minimum Gasteiger partial charge on any atom is -0.489 e. The first kappa shape index (κ1) is 11.5. The highest BCUT2D eigenvalue weighted by Crippen LogP contribution is 2.33. The number of halogens is 1. The number of hydrogen-bond acceptors (Lipinski definition) is 4. The number of benzene rings is 1. The van der Waals surface area contributed by atoms with Crippen LogP contribution in [0.4, 0.5) is 0 Å². The van der Waals surface area contributed by atoms with Crippen molar-refractivity contribution in [3.05, 3.63) is 18.2 Å². The lowest BCUT2D eigenvalue weighted by molar-refractivity contribution is 0.228. The summed E-state index contributed by atoms with van der Waals surface area (Å²) in [5.41, 5.74) is 0. The summed E-state index contributed by atoms with van der Waals surface area (Å²) in [6, 6.07) is 4.35. The Morgan fingerprint density at radius 3 is 2.50 bits per heavy atom. The molecule has 1 aromatic carbocycles. The van der Waals surface area contributed by atoms with Gasteiger partial charge in [-0.2, -0.15) is 0 Å². The van der Waals surface area contributed by atoms with Crippen molar-refractivity contribution >= 4 is 19.7 Å². The minimum absolute atomic E-state index is 0.0195. The Labute approximate surface area is 98.5 Å². The summed E-state index contributed by atoms with van der Waals surface area (Å²) in [6.45, 7) is 3.05. The maximum atomic E-state index is 11.1. The second-order valence-electron chi connectivity index (χ2n) is 3.77. The van der Waals surface area contributed by atoms with Gasteiger partial charge in [-0.3, -0.25) is 0 Å². The van der Waals surface area contributed by atoms with Crippen LogP contribution < -0.4 is 9.47 Å². The van der Waals surface area contributed by atoms with Crippen molar-refractivity contribution in [2.75, 3.05) is 13.2 Å². The number of rotatable bonds is 1. The molecular weight excluding hydrogens is 252 g/mol. The van der Waals surface area contributed by atoms with Crippen LogP contribution in [0.5, 0.6) is 11.5 Å². The van der Waals surface area contributed by atoms with Crippen LogP contribution in [0.3, 0.4) is 0 Å². The molecule has 16 heavy (non-hydrogen) atoms. The Bertz CT molecular complexity index is 498. The van der Waals surface area contributed by atoms with Gasteiger partial charge in [0.05, 0.1) is 18.1 Å². The molecule has 1 unspecified atom stereocenters. The minimum atomic E-state index is -3.73. The highest BCUT2D eigenvalue weighted by Gasteiger charge is 2.18. The lowest BCUT2D eigenvalue weighted by atomic mass is 10.2. The van der Waals surface area contributed by atoms with Gasteiger partial charge < -0.3 is 9.47 Å². The molecule has 0 saturated heterocycles. The van der Waals surface area contributed by atoms with Crippen LogP contribution in [0.25, 0.3) is 0 Å². The van der Waals surface area contributed by atoms with Gasteiger partial charge in [-0.1, -0.05) is 6.92 Å². The number of hydrogen-bond donors (Lipinski definition) is 0. The van der Waals surface area contributed by atoms with Crippen LogP contribution in [-0.2, 0) is 9.05 Å². The molecule has 1 aromatic rings. The maximum Gasteiger partial charge on any atom is 0.261 e. The third-order valence-electron chi connectivity index (χ3n) is 2.24. The van der Waals surface area contributed by atoms with E-state index in [2.05, 4.69) is 0 Å². The van der Waals surface area contributed by atoms with Crippen LogP contribution in [-0.4, -0.2) is 21.6 Å². The summed E-state index contributed by atoms with van der Waals surface area (Å²) in [7, 11) is 1.52. The zero-order valence-electron chi connectivity index (χ0n) is 8.64. The predicted molar refractivity (Wildman–Crippen MR) is 59.6 cm³/mol. The topological polar surface area (TPSA) is 52.6 Å². The Kier molecular flexibility index (Phi) is 2.99. The van der Waals surface area contributed by atoms with Crippen molar-refractivity contribution in [3.63, 3.8) is 0 Å². The standard InChI is InChI=1S/C10H11ClO4S/c1-7-5-14-9-3-2-8(16(11,12)13)4-10(9)15-6-7/h2-4,7H,5-6H2,1H3. The fraction of sp³-hybridized carbons (Fsp3) is 0.400. The summed E-state index contributed by atoms with van der Waals surface area (Å²) >= 11 is 0. The van der Waals surface area contributed by atoms with E-state index in [1.165, 1.54) is 12.1 Å². The van der Waals surface area contributed by atoms with Crippen molar-refractivity contribution in [1.82, 2.24) is 0 Å². The van der Waals surface area contributed by atoms with Crippen molar-refractivity contribution in [1.29, 1.82) is 0 Å². The largest absolute Gasteiger partial charge is 0.489 e. The van der Waals surface area contributed by atoms with Crippen LogP contribution in [0.1, 0.15) is 6.92 Å². The van der Waals surface area contributed by atoms with Gasteiger partial charge in [-0.05, 0) is 12.1 Å². The van der Waals surface area contributed by atoms with Crippen LogP contribution in [0, 0.1) is 5.92 Å². The second kappa shape index (κ2) is 4.14. The molecule has 0 amide bonds. The molecule has 4 nitrogen and oxygen atoms in total. The summed E-state index contributed by atoms with van der Waals surface area (Å²) < 4.78 is 33.2. The molecule has 0 N–H and O–H groups in total. The Balaban J connectivity index is 2.40. The molecule has 6 heteroatoms. The second-order valence-corrected chi connectivity index (χ2v) is 6.34. The van der Waals surface area contributed by atoms with Gasteiger partial charge in [0, 0.05) is 22.7 Å². The molecular formula is C10H11ClO4S. The van der Waals surface area contributed by atoms with E-state index in [1.807, 2.05) is 6.92 Å². The molecule has 0 aliphatic carbocycles. The van der Waals surface area contributed by atoms with Crippen molar-refractivity contribution in [2.24, 2.45) is 5.92 Å². The Hall–Kier alpha value is -0.940. The van der Waals surface area contributed by atoms with Gasteiger partial charge >= 0.3 is 0 Å². The van der Waals surface area contributed by atoms with E-state index in [9.17, 15) is 8.42 Å². The number of ether oxygens (including phenoxy) is 2.